The van der Waals surface area contributed by atoms with Crippen LogP contribution in [0.1, 0.15) is 31.9 Å². The zero-order valence-electron chi connectivity index (χ0n) is 24.0. The van der Waals surface area contributed by atoms with Gasteiger partial charge in [0.2, 0.25) is 0 Å². The summed E-state index contributed by atoms with van der Waals surface area (Å²) in [4.78, 5) is 25.8. The van der Waals surface area contributed by atoms with Crippen molar-refractivity contribution < 1.29 is 13.6 Å². The fraction of sp³-hybridized carbons (Fsp3) is 0.379. The van der Waals surface area contributed by atoms with E-state index in [9.17, 15) is 13.6 Å². The number of likely N-dealkylation sites (tertiary alicyclic amines) is 1. The Morgan fingerprint density at radius 3 is 2.41 bits per heavy atom. The van der Waals surface area contributed by atoms with Crippen molar-refractivity contribution in [1.29, 1.82) is 0 Å². The minimum absolute atomic E-state index is 0.0772. The van der Waals surface area contributed by atoms with E-state index in [-0.39, 0.29) is 23.2 Å². The van der Waals surface area contributed by atoms with Gasteiger partial charge in [0.15, 0.2) is 17.5 Å². The molecule has 4 N–H and O–H groups in total. The Labute approximate surface area is 243 Å². The summed E-state index contributed by atoms with van der Waals surface area (Å²) >= 11 is 1.26. The van der Waals surface area contributed by atoms with Gasteiger partial charge in [0.05, 0.1) is 0 Å². The number of carbonyl (C=O) groups is 1. The molecule has 218 valence electrons. The highest BCUT2D eigenvalue weighted by atomic mass is 32.2. The van der Waals surface area contributed by atoms with Gasteiger partial charge in [-0.2, -0.15) is 5.10 Å². The molecule has 2 heterocycles. The van der Waals surface area contributed by atoms with E-state index in [0.717, 1.165) is 30.5 Å². The number of nitrogens with two attached hydrogens (primary N) is 1. The van der Waals surface area contributed by atoms with Gasteiger partial charge < -0.3 is 20.9 Å². The third kappa shape index (κ3) is 6.53. The number of thioether (sulfide) groups is 1. The second kappa shape index (κ2) is 12.7. The Morgan fingerprint density at radius 2 is 1.95 bits per heavy atom. The molecule has 9 nitrogen and oxygen atoms in total. The van der Waals surface area contributed by atoms with Crippen molar-refractivity contribution >= 4 is 40.7 Å². The summed E-state index contributed by atoms with van der Waals surface area (Å²) in [7, 11) is 3.11. The van der Waals surface area contributed by atoms with Gasteiger partial charge in [-0.05, 0) is 63.0 Å². The van der Waals surface area contributed by atoms with Gasteiger partial charge in [-0.25, -0.2) is 13.8 Å². The summed E-state index contributed by atoms with van der Waals surface area (Å²) in [5, 5.41) is 10.5. The highest BCUT2D eigenvalue weighted by Crippen LogP contribution is 2.44. The predicted octanol–water partition coefficient (Wildman–Crippen LogP) is 5.01. The van der Waals surface area contributed by atoms with E-state index < -0.39 is 11.6 Å². The molecular formula is C29H36F2N8OS. The number of benzene rings is 1. The van der Waals surface area contributed by atoms with Crippen LogP contribution >= 0.6 is 11.8 Å². The maximum absolute atomic E-state index is 15.0. The lowest BCUT2D eigenvalue weighted by Gasteiger charge is -2.32. The van der Waals surface area contributed by atoms with Gasteiger partial charge >= 0.3 is 0 Å². The van der Waals surface area contributed by atoms with E-state index in [1.165, 1.54) is 35.0 Å². The highest BCUT2D eigenvalue weighted by molar-refractivity contribution is 7.98. The summed E-state index contributed by atoms with van der Waals surface area (Å²) in [5.74, 6) is -0.302. The summed E-state index contributed by atoms with van der Waals surface area (Å²) in [6, 6.07) is 4.41. The maximum Gasteiger partial charge on any atom is 0.272 e. The molecule has 0 atom stereocenters. The number of halogens is 2. The number of allylic oxidation sites excluding steroid dienone is 2. The largest absolute Gasteiger partial charge is 0.404 e. The maximum atomic E-state index is 15.0. The van der Waals surface area contributed by atoms with Gasteiger partial charge in [0.25, 0.3) is 5.91 Å². The van der Waals surface area contributed by atoms with Crippen molar-refractivity contribution in [3.05, 3.63) is 70.8 Å². The van der Waals surface area contributed by atoms with Crippen LogP contribution < -0.4 is 16.0 Å². The molecule has 2 aromatic rings. The van der Waals surface area contributed by atoms with Crippen molar-refractivity contribution in [3.8, 4) is 0 Å². The molecular weight excluding hydrogens is 546 g/mol. The lowest BCUT2D eigenvalue weighted by molar-refractivity contribution is -0.127. The fourth-order valence-corrected chi connectivity index (χ4v) is 5.00. The third-order valence-electron chi connectivity index (χ3n) is 7.16. The SMILES string of the molecule is C=C(/C(=C/N)C(=NC)C(=O)N1CCC1)/C(=C(\N=C(/C)N(C)c1c(F)cc(SC)cc1F)Nc1cc(C)[nH]n1)C1CC1. The van der Waals surface area contributed by atoms with Crippen LogP contribution in [-0.4, -0.2) is 66.0 Å². The van der Waals surface area contributed by atoms with E-state index in [2.05, 4.69) is 27.1 Å². The average molecular weight is 583 g/mol. The first-order valence-electron chi connectivity index (χ1n) is 13.3. The topological polar surface area (TPSA) is 115 Å². The number of amides is 1. The molecule has 1 amide bonds. The Bertz CT molecular complexity index is 1440. The first-order chi connectivity index (χ1) is 19.6. The number of hydrogen-bond donors (Lipinski definition) is 3. The molecule has 4 rings (SSSR count). The zero-order valence-corrected chi connectivity index (χ0v) is 24.8. The standard InChI is InChI=1S/C29H36F2N8OS/c1-16-12-24(37-36-16)35-28(34-18(3)38(5)27-22(30)13-20(41-6)14-23(27)31)25(19-8-9-19)17(2)21(15-32)26(33-4)29(40)39-10-7-11-39/h12-15,19H,2,7-11,32H2,1,3-6H3,(H2,35,36,37)/b21-15-,28-25-,33-26?,34-18+. The Hall–Kier alpha value is -3.93. The number of aryl methyl sites for hydroxylation is 1. The molecule has 12 heteroatoms. The third-order valence-corrected chi connectivity index (χ3v) is 7.86. The lowest BCUT2D eigenvalue weighted by atomic mass is 9.92. The van der Waals surface area contributed by atoms with Crippen molar-refractivity contribution in [2.24, 2.45) is 21.6 Å². The first kappa shape index (κ1) is 30.0. The van der Waals surface area contributed by atoms with Crippen LogP contribution in [0.3, 0.4) is 0 Å². The molecule has 2 fully saturated rings. The van der Waals surface area contributed by atoms with Gasteiger partial charge in [0.1, 0.15) is 23.1 Å². The molecule has 0 bridgehead atoms. The first-order valence-corrected chi connectivity index (χ1v) is 14.5. The molecule has 2 aliphatic rings. The van der Waals surface area contributed by atoms with Crippen molar-refractivity contribution in [2.75, 3.05) is 43.7 Å². The van der Waals surface area contributed by atoms with Crippen molar-refractivity contribution in [1.82, 2.24) is 15.1 Å². The van der Waals surface area contributed by atoms with Crippen LogP contribution in [0.25, 0.3) is 0 Å². The molecule has 1 saturated carbocycles. The molecule has 1 aliphatic carbocycles. The van der Waals surface area contributed by atoms with Crippen LogP contribution in [0.5, 0.6) is 0 Å². The minimum atomic E-state index is -0.693. The quantitative estimate of drug-likeness (QED) is 0.157. The van der Waals surface area contributed by atoms with Gasteiger partial charge in [-0.1, -0.05) is 6.58 Å². The summed E-state index contributed by atoms with van der Waals surface area (Å²) < 4.78 is 30.0. The van der Waals surface area contributed by atoms with E-state index in [0.29, 0.717) is 46.6 Å². The molecule has 1 aromatic heterocycles. The number of carbonyl (C=O) groups excluding carboxylic acids is 1. The molecule has 41 heavy (non-hydrogen) atoms. The molecule has 0 unspecified atom stereocenters. The molecule has 1 aliphatic heterocycles. The van der Waals surface area contributed by atoms with E-state index in [1.807, 2.05) is 13.0 Å². The van der Waals surface area contributed by atoms with Gasteiger partial charge in [0, 0.05) is 61.2 Å². The van der Waals surface area contributed by atoms with Crippen molar-refractivity contribution in [2.45, 2.75) is 38.0 Å². The Morgan fingerprint density at radius 1 is 1.29 bits per heavy atom. The number of aliphatic imine (C=N–C) groups is 2. The predicted molar refractivity (Wildman–Crippen MR) is 162 cm³/mol. The molecule has 1 saturated heterocycles. The summed E-state index contributed by atoms with van der Waals surface area (Å²) in [5.41, 5.74) is 8.56. The number of anilines is 2. The molecule has 0 radical (unpaired) electrons. The smallest absolute Gasteiger partial charge is 0.272 e. The fourth-order valence-electron chi connectivity index (χ4n) is 4.56. The van der Waals surface area contributed by atoms with Crippen LogP contribution in [0.2, 0.25) is 0 Å². The van der Waals surface area contributed by atoms with E-state index in [4.69, 9.17) is 10.7 Å². The summed E-state index contributed by atoms with van der Waals surface area (Å²) in [6.07, 6.45) is 5.80. The lowest BCUT2D eigenvalue weighted by Crippen LogP contribution is -2.46. The minimum Gasteiger partial charge on any atom is -0.404 e. The number of rotatable bonds is 10. The number of aromatic amines is 1. The van der Waals surface area contributed by atoms with Crippen molar-refractivity contribution in [3.63, 3.8) is 0 Å². The number of nitrogens with one attached hydrogen (secondary N) is 2. The average Bonchev–Trinajstić information content (AvgIpc) is 3.65. The van der Waals surface area contributed by atoms with Crippen LogP contribution in [0.4, 0.5) is 20.3 Å². The Balaban J connectivity index is 1.81. The summed E-state index contributed by atoms with van der Waals surface area (Å²) in [6.45, 7) is 9.20. The van der Waals surface area contributed by atoms with Crippen LogP contribution in [-0.2, 0) is 4.79 Å². The molecule has 0 spiro atoms. The van der Waals surface area contributed by atoms with Gasteiger partial charge in [-0.15, -0.1) is 11.8 Å². The second-order valence-corrected chi connectivity index (χ2v) is 10.9. The second-order valence-electron chi connectivity index (χ2n) is 10.0. The number of hydrogen-bond acceptors (Lipinski definition) is 7. The zero-order chi connectivity index (χ0) is 29.8. The Kier molecular flexibility index (Phi) is 9.31. The number of H-pyrrole nitrogens is 1. The number of nitrogens with zero attached hydrogens (tertiary/aromatic N) is 5. The normalized spacial score (nSPS) is 16.8. The molecule has 1 aromatic carbocycles. The van der Waals surface area contributed by atoms with Crippen LogP contribution in [0, 0.1) is 24.5 Å². The van der Waals surface area contributed by atoms with Crippen LogP contribution in [0.15, 0.2) is 68.4 Å². The monoisotopic (exact) mass is 582 g/mol. The number of amidine groups is 1. The highest BCUT2D eigenvalue weighted by Gasteiger charge is 2.35. The van der Waals surface area contributed by atoms with Gasteiger partial charge in [-0.3, -0.25) is 14.9 Å². The van der Waals surface area contributed by atoms with E-state index >= 15 is 0 Å². The van der Waals surface area contributed by atoms with E-state index in [1.54, 1.807) is 32.2 Å². The number of aromatic nitrogens is 2.